The van der Waals surface area contributed by atoms with Gasteiger partial charge in [0.2, 0.25) is 11.9 Å². The molecule has 0 unspecified atom stereocenters. The van der Waals surface area contributed by atoms with Crippen LogP contribution in [0.5, 0.6) is 11.5 Å². The van der Waals surface area contributed by atoms with Gasteiger partial charge in [-0.25, -0.2) is 4.98 Å². The lowest BCUT2D eigenvalue weighted by atomic mass is 10.2. The van der Waals surface area contributed by atoms with Crippen molar-refractivity contribution in [1.29, 1.82) is 0 Å². The number of methoxy groups -OCH3 is 2. The summed E-state index contributed by atoms with van der Waals surface area (Å²) >= 11 is 0. The van der Waals surface area contributed by atoms with E-state index in [-0.39, 0.29) is 17.5 Å². The summed E-state index contributed by atoms with van der Waals surface area (Å²) in [6.45, 7) is 1.70. The second kappa shape index (κ2) is 6.61. The topological polar surface area (TPSA) is 115 Å². The molecule has 0 aliphatic heterocycles. The molecule has 1 aromatic heterocycles. The molecule has 2 rings (SSSR count). The third-order valence-corrected chi connectivity index (χ3v) is 2.76. The van der Waals surface area contributed by atoms with Gasteiger partial charge in [0.25, 0.3) is 5.56 Å². The summed E-state index contributed by atoms with van der Waals surface area (Å²) in [5, 5.41) is 2.89. The zero-order valence-electron chi connectivity index (χ0n) is 12.5. The van der Waals surface area contributed by atoms with Gasteiger partial charge in [-0.05, 0) is 19.1 Å². The van der Waals surface area contributed by atoms with E-state index >= 15 is 0 Å². The van der Waals surface area contributed by atoms with Crippen molar-refractivity contribution < 1.29 is 9.47 Å². The van der Waals surface area contributed by atoms with E-state index in [4.69, 9.17) is 15.2 Å². The van der Waals surface area contributed by atoms with Crippen LogP contribution in [0.2, 0.25) is 0 Å². The molecular formula is C14H17N5O3. The van der Waals surface area contributed by atoms with Gasteiger partial charge in [0.15, 0.2) is 0 Å². The lowest BCUT2D eigenvalue weighted by Gasteiger charge is -2.11. The summed E-state index contributed by atoms with van der Waals surface area (Å²) in [6, 6.07) is 6.58. The third kappa shape index (κ3) is 3.75. The number of anilines is 1. The fraction of sp³-hybridized carbons (Fsp3) is 0.214. The van der Waals surface area contributed by atoms with Gasteiger partial charge >= 0.3 is 0 Å². The van der Waals surface area contributed by atoms with Crippen LogP contribution >= 0.6 is 0 Å². The Bertz CT molecular complexity index is 754. The molecule has 116 valence electrons. The number of rotatable bonds is 4. The van der Waals surface area contributed by atoms with Crippen molar-refractivity contribution in [1.82, 2.24) is 9.97 Å². The highest BCUT2D eigenvalue weighted by Gasteiger charge is 2.06. The zero-order valence-corrected chi connectivity index (χ0v) is 12.5. The number of aliphatic imine (C=N–C) groups is 1. The normalized spacial score (nSPS) is 11.1. The maximum atomic E-state index is 11.4. The maximum absolute atomic E-state index is 11.4. The second-order valence-electron chi connectivity index (χ2n) is 4.40. The number of hydrogen-bond acceptors (Lipinski definition) is 5. The van der Waals surface area contributed by atoms with Crippen molar-refractivity contribution in [3.05, 3.63) is 40.3 Å². The van der Waals surface area contributed by atoms with E-state index in [0.717, 1.165) is 0 Å². The van der Waals surface area contributed by atoms with E-state index in [1.54, 1.807) is 32.2 Å². The van der Waals surface area contributed by atoms with Gasteiger partial charge in [0.1, 0.15) is 11.5 Å². The Balaban J connectivity index is 2.26. The molecule has 8 heteroatoms. The van der Waals surface area contributed by atoms with Crippen molar-refractivity contribution in [2.24, 2.45) is 10.7 Å². The van der Waals surface area contributed by atoms with Gasteiger partial charge < -0.3 is 20.5 Å². The minimum Gasteiger partial charge on any atom is -0.497 e. The van der Waals surface area contributed by atoms with Gasteiger partial charge in [0.05, 0.1) is 19.9 Å². The van der Waals surface area contributed by atoms with Crippen molar-refractivity contribution in [3.63, 3.8) is 0 Å². The van der Waals surface area contributed by atoms with E-state index in [1.807, 2.05) is 0 Å². The van der Waals surface area contributed by atoms with E-state index in [0.29, 0.717) is 22.9 Å². The van der Waals surface area contributed by atoms with Crippen LogP contribution in [0.25, 0.3) is 0 Å². The molecule has 2 aromatic rings. The quantitative estimate of drug-likeness (QED) is 0.576. The lowest BCUT2D eigenvalue weighted by molar-refractivity contribution is 0.395. The summed E-state index contributed by atoms with van der Waals surface area (Å²) in [7, 11) is 3.10. The molecule has 0 bridgehead atoms. The van der Waals surface area contributed by atoms with E-state index in [9.17, 15) is 4.79 Å². The number of aromatic amines is 1. The Morgan fingerprint density at radius 3 is 2.73 bits per heavy atom. The number of nitrogens with one attached hydrogen (secondary N) is 2. The average Bonchev–Trinajstić information content (AvgIpc) is 2.46. The largest absolute Gasteiger partial charge is 0.497 e. The minimum absolute atomic E-state index is 0.0669. The molecule has 22 heavy (non-hydrogen) atoms. The van der Waals surface area contributed by atoms with Crippen molar-refractivity contribution in [3.8, 4) is 11.5 Å². The lowest BCUT2D eigenvalue weighted by Crippen LogP contribution is -2.23. The van der Waals surface area contributed by atoms with Crippen molar-refractivity contribution >= 4 is 17.6 Å². The molecule has 0 spiro atoms. The van der Waals surface area contributed by atoms with Gasteiger partial charge in [-0.15, -0.1) is 0 Å². The summed E-state index contributed by atoms with van der Waals surface area (Å²) in [6.07, 6.45) is 0. The number of aryl methyl sites for hydroxylation is 1. The molecule has 1 heterocycles. The smallest absolute Gasteiger partial charge is 0.252 e. The van der Waals surface area contributed by atoms with Crippen molar-refractivity contribution in [2.75, 3.05) is 19.5 Å². The second-order valence-corrected chi connectivity index (χ2v) is 4.40. The highest BCUT2D eigenvalue weighted by atomic mass is 16.5. The average molecular weight is 303 g/mol. The number of nitrogens with zero attached hydrogens (tertiary/aromatic N) is 2. The molecule has 0 aliphatic carbocycles. The van der Waals surface area contributed by atoms with Crippen LogP contribution in [0.1, 0.15) is 5.69 Å². The molecule has 0 saturated carbocycles. The summed E-state index contributed by atoms with van der Waals surface area (Å²) < 4.78 is 10.4. The zero-order chi connectivity index (χ0) is 16.1. The molecule has 0 atom stereocenters. The summed E-state index contributed by atoms with van der Waals surface area (Å²) in [5.74, 6) is 1.39. The Kier molecular flexibility index (Phi) is 4.62. The Morgan fingerprint density at radius 2 is 2.09 bits per heavy atom. The van der Waals surface area contributed by atoms with Crippen LogP contribution in [0.15, 0.2) is 34.1 Å². The third-order valence-electron chi connectivity index (χ3n) is 2.76. The fourth-order valence-corrected chi connectivity index (χ4v) is 1.80. The predicted octanol–water partition coefficient (Wildman–Crippen LogP) is 1.15. The standard InChI is InChI=1S/C14H17N5O3/c1-8-6-12(20)18-14(16-8)19-13(15)17-10-5-4-9(21-2)7-11(10)22-3/h4-7H,1-3H3,(H4,15,16,17,18,19,20). The maximum Gasteiger partial charge on any atom is 0.252 e. The number of guanidine groups is 1. The summed E-state index contributed by atoms with van der Waals surface area (Å²) in [5.41, 5.74) is 6.70. The van der Waals surface area contributed by atoms with Gasteiger partial charge in [-0.3, -0.25) is 9.78 Å². The van der Waals surface area contributed by atoms with Crippen molar-refractivity contribution in [2.45, 2.75) is 6.92 Å². The van der Waals surface area contributed by atoms with Crippen LogP contribution in [-0.2, 0) is 0 Å². The number of H-pyrrole nitrogens is 1. The van der Waals surface area contributed by atoms with Crippen LogP contribution in [-0.4, -0.2) is 30.1 Å². The summed E-state index contributed by atoms with van der Waals surface area (Å²) in [4.78, 5) is 21.9. The SMILES string of the molecule is COc1ccc(N/C(N)=N\c2nc(C)cc(=O)[nH]2)c(OC)c1. The first-order valence-corrected chi connectivity index (χ1v) is 6.43. The molecule has 0 aliphatic rings. The predicted molar refractivity (Wildman–Crippen MR) is 84.0 cm³/mol. The molecule has 0 saturated heterocycles. The Morgan fingerprint density at radius 1 is 1.32 bits per heavy atom. The first-order chi connectivity index (χ1) is 10.5. The number of nitrogens with two attached hydrogens (primary N) is 1. The molecule has 0 fully saturated rings. The number of hydrogen-bond donors (Lipinski definition) is 3. The first-order valence-electron chi connectivity index (χ1n) is 6.43. The number of aromatic nitrogens is 2. The van der Waals surface area contributed by atoms with Crippen LogP contribution in [0, 0.1) is 6.92 Å². The Hall–Kier alpha value is -3.03. The number of benzene rings is 1. The first kappa shape index (κ1) is 15.4. The van der Waals surface area contributed by atoms with Gasteiger partial charge in [0, 0.05) is 17.8 Å². The highest BCUT2D eigenvalue weighted by Crippen LogP contribution is 2.28. The number of ether oxygens (including phenoxy) is 2. The highest BCUT2D eigenvalue weighted by molar-refractivity contribution is 5.95. The van der Waals surface area contributed by atoms with Gasteiger partial charge in [-0.1, -0.05) is 0 Å². The van der Waals surface area contributed by atoms with Crippen LogP contribution < -0.4 is 26.1 Å². The fourth-order valence-electron chi connectivity index (χ4n) is 1.80. The Labute approximate surface area is 127 Å². The van der Waals surface area contributed by atoms with E-state index < -0.39 is 0 Å². The van der Waals surface area contributed by atoms with E-state index in [1.165, 1.54) is 13.2 Å². The molecule has 0 amide bonds. The molecule has 1 aromatic carbocycles. The minimum atomic E-state index is -0.291. The molecule has 8 nitrogen and oxygen atoms in total. The monoisotopic (exact) mass is 303 g/mol. The van der Waals surface area contributed by atoms with E-state index in [2.05, 4.69) is 20.3 Å². The van der Waals surface area contributed by atoms with Gasteiger partial charge in [-0.2, -0.15) is 4.99 Å². The molecule has 0 radical (unpaired) electrons. The molecule has 4 N–H and O–H groups in total. The van der Waals surface area contributed by atoms with Crippen LogP contribution in [0.3, 0.4) is 0 Å². The molecular weight excluding hydrogens is 286 g/mol. The van der Waals surface area contributed by atoms with Crippen LogP contribution in [0.4, 0.5) is 11.6 Å².